The van der Waals surface area contributed by atoms with Crippen LogP contribution in [-0.4, -0.2) is 25.2 Å². The fourth-order valence-electron chi connectivity index (χ4n) is 1.75. The Balaban J connectivity index is 2.62. The Bertz CT molecular complexity index is 659. The number of nitrogens with zero attached hydrogens (tertiary/aromatic N) is 1. The minimum atomic E-state index is -0.938. The van der Waals surface area contributed by atoms with Crippen LogP contribution in [0.4, 0.5) is 8.78 Å². The predicted octanol–water partition coefficient (Wildman–Crippen LogP) is 2.82. The molecular weight excluding hydrogens is 268 g/mol. The van der Waals surface area contributed by atoms with Gasteiger partial charge in [-0.2, -0.15) is 0 Å². The number of hydrogen-bond donors (Lipinski definition) is 0. The lowest BCUT2D eigenvalue weighted by Crippen LogP contribution is -2.07. The molecule has 6 heteroatoms. The minimum Gasteiger partial charge on any atom is -0.494 e. The van der Waals surface area contributed by atoms with Crippen LogP contribution >= 0.6 is 0 Å². The molecule has 0 fully saturated rings. The van der Waals surface area contributed by atoms with E-state index in [1.165, 1.54) is 37.6 Å². The molecule has 0 unspecified atom stereocenters. The Morgan fingerprint density at radius 1 is 1.15 bits per heavy atom. The first-order valence-electron chi connectivity index (χ1n) is 5.65. The van der Waals surface area contributed by atoms with E-state index in [0.29, 0.717) is 0 Å². The highest BCUT2D eigenvalue weighted by Crippen LogP contribution is 2.30. The fraction of sp³-hybridized carbons (Fsp3) is 0.143. The predicted molar refractivity (Wildman–Crippen MR) is 67.5 cm³/mol. The lowest BCUT2D eigenvalue weighted by molar-refractivity contribution is 0.0595. The summed E-state index contributed by atoms with van der Waals surface area (Å²) in [5, 5.41) is 0. The van der Waals surface area contributed by atoms with E-state index in [2.05, 4.69) is 9.72 Å². The molecule has 0 saturated carbocycles. The highest BCUT2D eigenvalue weighted by atomic mass is 19.1. The number of esters is 1. The van der Waals surface area contributed by atoms with Crippen molar-refractivity contribution >= 4 is 5.97 Å². The quantitative estimate of drug-likeness (QED) is 0.811. The number of pyridine rings is 1. The maximum Gasteiger partial charge on any atom is 0.340 e. The molecule has 104 valence electrons. The Labute approximate surface area is 114 Å². The van der Waals surface area contributed by atoms with Gasteiger partial charge in [-0.15, -0.1) is 0 Å². The second-order valence-electron chi connectivity index (χ2n) is 3.83. The molecule has 2 rings (SSSR count). The SMILES string of the molecule is COC(=O)c1ccnc(-c2cccc(OC)c2F)c1F. The molecule has 1 aromatic carbocycles. The number of ether oxygens (including phenoxy) is 2. The second-order valence-corrected chi connectivity index (χ2v) is 3.83. The largest absolute Gasteiger partial charge is 0.494 e. The van der Waals surface area contributed by atoms with Crippen LogP contribution < -0.4 is 4.74 Å². The summed E-state index contributed by atoms with van der Waals surface area (Å²) >= 11 is 0. The third kappa shape index (κ3) is 2.32. The number of halogens is 2. The van der Waals surface area contributed by atoms with Gasteiger partial charge in [0.05, 0.1) is 19.8 Å². The van der Waals surface area contributed by atoms with Crippen LogP contribution in [0.2, 0.25) is 0 Å². The van der Waals surface area contributed by atoms with Gasteiger partial charge in [0, 0.05) is 11.8 Å². The lowest BCUT2D eigenvalue weighted by Gasteiger charge is -2.09. The summed E-state index contributed by atoms with van der Waals surface area (Å²) in [5.74, 6) is -2.57. The Morgan fingerprint density at radius 2 is 1.90 bits per heavy atom. The van der Waals surface area contributed by atoms with E-state index in [0.717, 1.165) is 7.11 Å². The van der Waals surface area contributed by atoms with Crippen molar-refractivity contribution in [1.82, 2.24) is 4.98 Å². The number of methoxy groups -OCH3 is 2. The van der Waals surface area contributed by atoms with Crippen LogP contribution in [0.1, 0.15) is 10.4 Å². The zero-order valence-corrected chi connectivity index (χ0v) is 10.8. The zero-order valence-electron chi connectivity index (χ0n) is 10.8. The smallest absolute Gasteiger partial charge is 0.340 e. The summed E-state index contributed by atoms with van der Waals surface area (Å²) in [4.78, 5) is 15.2. The first-order chi connectivity index (χ1) is 9.60. The Kier molecular flexibility index (Phi) is 3.93. The van der Waals surface area contributed by atoms with E-state index in [4.69, 9.17) is 4.74 Å². The van der Waals surface area contributed by atoms with Crippen LogP contribution in [0.15, 0.2) is 30.5 Å². The molecule has 2 aromatic rings. The standard InChI is InChI=1S/C14H11F2NO3/c1-19-10-5-3-4-8(11(10)15)13-12(16)9(6-7-17-13)14(18)20-2/h3-7H,1-2H3. The van der Waals surface area contributed by atoms with Crippen molar-refractivity contribution in [2.75, 3.05) is 14.2 Å². The molecule has 0 spiro atoms. The van der Waals surface area contributed by atoms with Crippen molar-refractivity contribution in [2.45, 2.75) is 0 Å². The highest BCUT2D eigenvalue weighted by molar-refractivity contribution is 5.91. The second kappa shape index (κ2) is 5.64. The molecular formula is C14H11F2NO3. The summed E-state index contributed by atoms with van der Waals surface area (Å²) in [6.45, 7) is 0. The Hall–Kier alpha value is -2.50. The summed E-state index contributed by atoms with van der Waals surface area (Å²) in [6.07, 6.45) is 1.21. The molecule has 0 N–H and O–H groups in total. The minimum absolute atomic E-state index is 0.0350. The van der Waals surface area contributed by atoms with Crippen LogP contribution in [0.25, 0.3) is 11.3 Å². The molecule has 0 amide bonds. The number of carbonyl (C=O) groups is 1. The average Bonchev–Trinajstić information content (AvgIpc) is 2.47. The maximum atomic E-state index is 14.2. The molecule has 20 heavy (non-hydrogen) atoms. The number of aromatic nitrogens is 1. The van der Waals surface area contributed by atoms with Crippen LogP contribution in [-0.2, 0) is 4.74 Å². The third-order valence-electron chi connectivity index (χ3n) is 2.73. The molecule has 0 radical (unpaired) electrons. The number of hydrogen-bond acceptors (Lipinski definition) is 4. The van der Waals surface area contributed by atoms with Crippen molar-refractivity contribution in [3.8, 4) is 17.0 Å². The van der Waals surface area contributed by atoms with Gasteiger partial charge in [0.1, 0.15) is 5.69 Å². The number of carbonyl (C=O) groups excluding carboxylic acids is 1. The van der Waals surface area contributed by atoms with E-state index < -0.39 is 17.6 Å². The molecule has 4 nitrogen and oxygen atoms in total. The van der Waals surface area contributed by atoms with Gasteiger partial charge < -0.3 is 9.47 Å². The van der Waals surface area contributed by atoms with Crippen molar-refractivity contribution in [3.63, 3.8) is 0 Å². The topological polar surface area (TPSA) is 48.4 Å². The fourth-order valence-corrected chi connectivity index (χ4v) is 1.75. The van der Waals surface area contributed by atoms with Crippen LogP contribution in [0, 0.1) is 11.6 Å². The van der Waals surface area contributed by atoms with Crippen LogP contribution in [0.3, 0.4) is 0 Å². The van der Waals surface area contributed by atoms with Gasteiger partial charge >= 0.3 is 5.97 Å². The normalized spacial score (nSPS) is 10.2. The van der Waals surface area contributed by atoms with Crippen molar-refractivity contribution in [2.24, 2.45) is 0 Å². The zero-order chi connectivity index (χ0) is 14.7. The first kappa shape index (κ1) is 13.9. The lowest BCUT2D eigenvalue weighted by atomic mass is 10.1. The van der Waals surface area contributed by atoms with Gasteiger partial charge in [0.25, 0.3) is 0 Å². The van der Waals surface area contributed by atoms with Gasteiger partial charge in [0.15, 0.2) is 17.4 Å². The summed E-state index contributed by atoms with van der Waals surface area (Å²) in [7, 11) is 2.44. The molecule has 0 aliphatic rings. The first-order valence-corrected chi connectivity index (χ1v) is 5.65. The third-order valence-corrected chi connectivity index (χ3v) is 2.73. The molecule has 0 atom stereocenters. The summed E-state index contributed by atoms with van der Waals surface area (Å²) in [6, 6.07) is 5.43. The molecule has 0 bridgehead atoms. The number of rotatable bonds is 3. The summed E-state index contributed by atoms with van der Waals surface area (Å²) in [5.41, 5.74) is -0.670. The van der Waals surface area contributed by atoms with Gasteiger partial charge in [-0.25, -0.2) is 13.6 Å². The van der Waals surface area contributed by atoms with Crippen molar-refractivity contribution in [1.29, 1.82) is 0 Å². The molecule has 1 heterocycles. The van der Waals surface area contributed by atoms with E-state index in [9.17, 15) is 13.6 Å². The maximum absolute atomic E-state index is 14.2. The average molecular weight is 279 g/mol. The highest BCUT2D eigenvalue weighted by Gasteiger charge is 2.20. The van der Waals surface area contributed by atoms with Gasteiger partial charge in [-0.3, -0.25) is 4.98 Å². The van der Waals surface area contributed by atoms with E-state index in [1.54, 1.807) is 0 Å². The van der Waals surface area contributed by atoms with Crippen molar-refractivity contribution in [3.05, 3.63) is 47.7 Å². The monoisotopic (exact) mass is 279 g/mol. The van der Waals surface area contributed by atoms with Gasteiger partial charge in [-0.05, 0) is 18.2 Å². The van der Waals surface area contributed by atoms with E-state index in [-0.39, 0.29) is 22.6 Å². The molecule has 0 saturated heterocycles. The molecule has 0 aliphatic heterocycles. The van der Waals surface area contributed by atoms with Gasteiger partial charge in [0.2, 0.25) is 0 Å². The number of benzene rings is 1. The molecule has 0 aliphatic carbocycles. The van der Waals surface area contributed by atoms with Crippen molar-refractivity contribution < 1.29 is 23.0 Å². The molecule has 1 aromatic heterocycles. The van der Waals surface area contributed by atoms with Crippen LogP contribution in [0.5, 0.6) is 5.75 Å². The van der Waals surface area contributed by atoms with E-state index >= 15 is 0 Å². The summed E-state index contributed by atoms with van der Waals surface area (Å²) < 4.78 is 37.6. The van der Waals surface area contributed by atoms with Gasteiger partial charge in [-0.1, -0.05) is 6.07 Å². The van der Waals surface area contributed by atoms with E-state index in [1.807, 2.05) is 0 Å². The Morgan fingerprint density at radius 3 is 2.55 bits per heavy atom.